The zero-order chi connectivity index (χ0) is 11.7. The molecule has 2 rings (SSSR count). The summed E-state index contributed by atoms with van der Waals surface area (Å²) < 4.78 is 5.87. The van der Waals surface area contributed by atoms with Gasteiger partial charge in [-0.2, -0.15) is 0 Å². The minimum Gasteiger partial charge on any atom is -0.486 e. The summed E-state index contributed by atoms with van der Waals surface area (Å²) in [6, 6.07) is 4.18. The van der Waals surface area contributed by atoms with Gasteiger partial charge in [0.05, 0.1) is 0 Å². The molecule has 1 heterocycles. The Bertz CT molecular complexity index is 390. The van der Waals surface area contributed by atoms with E-state index < -0.39 is 6.10 Å². The Morgan fingerprint density at radius 2 is 2.00 bits per heavy atom. The average Bonchev–Trinajstić information content (AvgIpc) is 2.60. The third-order valence-electron chi connectivity index (χ3n) is 3.17. The lowest BCUT2D eigenvalue weighted by molar-refractivity contribution is 0.0732. The van der Waals surface area contributed by atoms with E-state index in [0.717, 1.165) is 11.3 Å². The SMILES string of the molecule is Cc1cc(C)c(C)c(OC2CNCC2O)c1. The second-order valence-corrected chi connectivity index (χ2v) is 4.59. The Balaban J connectivity index is 2.20. The van der Waals surface area contributed by atoms with E-state index in [0.29, 0.717) is 13.1 Å². The summed E-state index contributed by atoms with van der Waals surface area (Å²) in [5.74, 6) is 0.894. The van der Waals surface area contributed by atoms with E-state index in [4.69, 9.17) is 4.74 Å². The summed E-state index contributed by atoms with van der Waals surface area (Å²) in [6.07, 6.45) is -0.528. The molecule has 1 aromatic carbocycles. The molecule has 0 aromatic heterocycles. The number of β-amino-alcohol motifs (C(OH)–C–C–N with tert-alkyl or cyclic N) is 1. The molecule has 1 aliphatic rings. The van der Waals surface area contributed by atoms with E-state index in [9.17, 15) is 5.11 Å². The van der Waals surface area contributed by atoms with Crippen LogP contribution in [-0.4, -0.2) is 30.4 Å². The smallest absolute Gasteiger partial charge is 0.138 e. The number of ether oxygens (including phenoxy) is 1. The number of aliphatic hydroxyl groups excluding tert-OH is 1. The fourth-order valence-corrected chi connectivity index (χ4v) is 2.05. The van der Waals surface area contributed by atoms with E-state index in [-0.39, 0.29) is 6.10 Å². The van der Waals surface area contributed by atoms with Crippen LogP contribution in [0.5, 0.6) is 5.75 Å². The second-order valence-electron chi connectivity index (χ2n) is 4.59. The minimum atomic E-state index is -0.403. The summed E-state index contributed by atoms with van der Waals surface area (Å²) in [7, 11) is 0. The number of rotatable bonds is 2. The fraction of sp³-hybridized carbons (Fsp3) is 0.538. The van der Waals surface area contributed by atoms with Crippen LogP contribution in [0.3, 0.4) is 0 Å². The van der Waals surface area contributed by atoms with Crippen LogP contribution in [-0.2, 0) is 0 Å². The highest BCUT2D eigenvalue weighted by atomic mass is 16.5. The van der Waals surface area contributed by atoms with Gasteiger partial charge in [0.25, 0.3) is 0 Å². The van der Waals surface area contributed by atoms with Crippen molar-refractivity contribution in [3.63, 3.8) is 0 Å². The predicted molar refractivity (Wildman–Crippen MR) is 63.9 cm³/mol. The predicted octanol–water partition coefficient (Wildman–Crippen LogP) is 1.32. The largest absolute Gasteiger partial charge is 0.486 e. The summed E-state index contributed by atoms with van der Waals surface area (Å²) in [5, 5.41) is 12.8. The summed E-state index contributed by atoms with van der Waals surface area (Å²) in [4.78, 5) is 0. The number of hydrogen-bond acceptors (Lipinski definition) is 3. The van der Waals surface area contributed by atoms with Crippen LogP contribution in [0.2, 0.25) is 0 Å². The zero-order valence-electron chi connectivity index (χ0n) is 10.1. The number of nitrogens with one attached hydrogen (secondary N) is 1. The molecule has 1 aliphatic heterocycles. The van der Waals surface area contributed by atoms with Crippen molar-refractivity contribution in [1.29, 1.82) is 0 Å². The van der Waals surface area contributed by atoms with Crippen LogP contribution < -0.4 is 10.1 Å². The van der Waals surface area contributed by atoms with Crippen LogP contribution >= 0.6 is 0 Å². The Kier molecular flexibility index (Phi) is 3.17. The molecule has 3 nitrogen and oxygen atoms in total. The Labute approximate surface area is 96.4 Å². The summed E-state index contributed by atoms with van der Waals surface area (Å²) in [5.41, 5.74) is 3.58. The van der Waals surface area contributed by atoms with Gasteiger partial charge in [-0.1, -0.05) is 6.07 Å². The molecule has 0 spiro atoms. The zero-order valence-corrected chi connectivity index (χ0v) is 10.1. The number of aryl methyl sites for hydroxylation is 2. The van der Waals surface area contributed by atoms with Crippen molar-refractivity contribution < 1.29 is 9.84 Å². The van der Waals surface area contributed by atoms with Gasteiger partial charge in [0.2, 0.25) is 0 Å². The van der Waals surface area contributed by atoms with Crippen molar-refractivity contribution >= 4 is 0 Å². The first-order valence-electron chi connectivity index (χ1n) is 5.71. The van der Waals surface area contributed by atoms with Crippen LogP contribution in [0.25, 0.3) is 0 Å². The van der Waals surface area contributed by atoms with Crippen molar-refractivity contribution in [2.45, 2.75) is 33.0 Å². The molecule has 1 saturated heterocycles. The molecule has 88 valence electrons. The van der Waals surface area contributed by atoms with Gasteiger partial charge < -0.3 is 15.2 Å². The molecule has 2 N–H and O–H groups in total. The topological polar surface area (TPSA) is 41.5 Å². The van der Waals surface area contributed by atoms with Crippen LogP contribution in [0.1, 0.15) is 16.7 Å². The van der Waals surface area contributed by atoms with Gasteiger partial charge in [-0.05, 0) is 43.5 Å². The molecular formula is C13H19NO2. The number of aliphatic hydroxyl groups is 1. The van der Waals surface area contributed by atoms with Gasteiger partial charge in [0, 0.05) is 13.1 Å². The van der Waals surface area contributed by atoms with E-state index in [1.165, 1.54) is 11.1 Å². The molecule has 1 aromatic rings. The maximum absolute atomic E-state index is 9.69. The lowest BCUT2D eigenvalue weighted by Crippen LogP contribution is -2.30. The lowest BCUT2D eigenvalue weighted by Gasteiger charge is -2.19. The maximum Gasteiger partial charge on any atom is 0.138 e. The minimum absolute atomic E-state index is 0.125. The molecule has 0 bridgehead atoms. The van der Waals surface area contributed by atoms with Gasteiger partial charge in [-0.15, -0.1) is 0 Å². The summed E-state index contributed by atoms with van der Waals surface area (Å²) in [6.45, 7) is 7.53. The van der Waals surface area contributed by atoms with E-state index >= 15 is 0 Å². The van der Waals surface area contributed by atoms with Gasteiger partial charge in [-0.3, -0.25) is 0 Å². The van der Waals surface area contributed by atoms with Crippen molar-refractivity contribution in [3.05, 3.63) is 28.8 Å². The molecule has 16 heavy (non-hydrogen) atoms. The monoisotopic (exact) mass is 221 g/mol. The maximum atomic E-state index is 9.69. The van der Waals surface area contributed by atoms with Crippen LogP contribution in [0, 0.1) is 20.8 Å². The Hall–Kier alpha value is -1.06. The first-order chi connectivity index (χ1) is 7.58. The Morgan fingerprint density at radius 3 is 2.62 bits per heavy atom. The molecule has 2 unspecified atom stereocenters. The van der Waals surface area contributed by atoms with Crippen molar-refractivity contribution in [2.75, 3.05) is 13.1 Å². The summed E-state index contributed by atoms with van der Waals surface area (Å²) >= 11 is 0. The van der Waals surface area contributed by atoms with Gasteiger partial charge in [0.15, 0.2) is 0 Å². The molecule has 2 atom stereocenters. The fourth-order valence-electron chi connectivity index (χ4n) is 2.05. The molecule has 0 aliphatic carbocycles. The van der Waals surface area contributed by atoms with Crippen molar-refractivity contribution in [2.24, 2.45) is 0 Å². The van der Waals surface area contributed by atoms with E-state index in [2.05, 4.69) is 32.2 Å². The molecule has 0 radical (unpaired) electrons. The van der Waals surface area contributed by atoms with Crippen molar-refractivity contribution in [1.82, 2.24) is 5.32 Å². The van der Waals surface area contributed by atoms with Crippen LogP contribution in [0.15, 0.2) is 12.1 Å². The normalized spacial score (nSPS) is 24.8. The highest BCUT2D eigenvalue weighted by Crippen LogP contribution is 2.25. The van der Waals surface area contributed by atoms with Crippen LogP contribution in [0.4, 0.5) is 0 Å². The Morgan fingerprint density at radius 1 is 1.25 bits per heavy atom. The van der Waals surface area contributed by atoms with E-state index in [1.54, 1.807) is 0 Å². The van der Waals surface area contributed by atoms with Gasteiger partial charge in [-0.25, -0.2) is 0 Å². The highest BCUT2D eigenvalue weighted by Gasteiger charge is 2.27. The average molecular weight is 221 g/mol. The number of benzene rings is 1. The molecule has 3 heteroatoms. The molecule has 0 amide bonds. The highest BCUT2D eigenvalue weighted by molar-refractivity contribution is 5.42. The first kappa shape index (κ1) is 11.4. The quantitative estimate of drug-likeness (QED) is 0.791. The van der Waals surface area contributed by atoms with Gasteiger partial charge in [0.1, 0.15) is 18.0 Å². The number of hydrogen-bond donors (Lipinski definition) is 2. The lowest BCUT2D eigenvalue weighted by atomic mass is 10.1. The molecule has 1 fully saturated rings. The third kappa shape index (κ3) is 2.20. The van der Waals surface area contributed by atoms with Gasteiger partial charge >= 0.3 is 0 Å². The standard InChI is InChI=1S/C13H19NO2/c1-8-4-9(2)10(3)12(5-8)16-13-7-14-6-11(13)15/h4-5,11,13-15H,6-7H2,1-3H3. The van der Waals surface area contributed by atoms with Crippen molar-refractivity contribution in [3.8, 4) is 5.75 Å². The molecule has 0 saturated carbocycles. The third-order valence-corrected chi connectivity index (χ3v) is 3.17. The first-order valence-corrected chi connectivity index (χ1v) is 5.71. The second kappa shape index (κ2) is 4.44. The molecular weight excluding hydrogens is 202 g/mol. The van der Waals surface area contributed by atoms with E-state index in [1.807, 2.05) is 6.07 Å².